The molecule has 0 unspecified atom stereocenters. The van der Waals surface area contributed by atoms with E-state index in [0.717, 1.165) is 12.5 Å². The molecular weight excluding hydrogens is 283 g/mol. The second kappa shape index (κ2) is 6.92. The normalized spacial score (nSPS) is 11.5. The SMILES string of the molecule is CCCOCCOc1ccc(S(=O)(=O)Cl)cc1F. The van der Waals surface area contributed by atoms with E-state index in [1.807, 2.05) is 6.92 Å². The van der Waals surface area contributed by atoms with Gasteiger partial charge in [-0.1, -0.05) is 6.92 Å². The van der Waals surface area contributed by atoms with Gasteiger partial charge in [-0.05, 0) is 24.6 Å². The highest BCUT2D eigenvalue weighted by Crippen LogP contribution is 2.23. The molecule has 102 valence electrons. The fourth-order valence-electron chi connectivity index (χ4n) is 1.21. The maximum Gasteiger partial charge on any atom is 0.261 e. The Labute approximate surface area is 110 Å². The molecule has 1 aromatic rings. The van der Waals surface area contributed by atoms with Crippen molar-refractivity contribution >= 4 is 19.7 Å². The molecule has 0 radical (unpaired) electrons. The maximum atomic E-state index is 13.5. The van der Waals surface area contributed by atoms with E-state index >= 15 is 0 Å². The lowest BCUT2D eigenvalue weighted by molar-refractivity contribution is 0.0991. The smallest absolute Gasteiger partial charge is 0.261 e. The Bertz CT molecular complexity index is 490. The van der Waals surface area contributed by atoms with Crippen LogP contribution in [0.2, 0.25) is 0 Å². The van der Waals surface area contributed by atoms with E-state index < -0.39 is 14.9 Å². The monoisotopic (exact) mass is 296 g/mol. The third kappa shape index (κ3) is 4.80. The molecule has 0 saturated carbocycles. The lowest BCUT2D eigenvalue weighted by atomic mass is 10.3. The molecule has 0 heterocycles. The van der Waals surface area contributed by atoms with Gasteiger partial charge in [-0.3, -0.25) is 0 Å². The molecule has 0 fully saturated rings. The molecule has 0 bridgehead atoms. The molecule has 0 N–H and O–H groups in total. The molecule has 4 nitrogen and oxygen atoms in total. The first-order valence-electron chi connectivity index (χ1n) is 5.40. The van der Waals surface area contributed by atoms with Gasteiger partial charge >= 0.3 is 0 Å². The molecule has 0 aromatic heterocycles. The highest BCUT2D eigenvalue weighted by Gasteiger charge is 2.13. The molecule has 18 heavy (non-hydrogen) atoms. The van der Waals surface area contributed by atoms with Crippen molar-refractivity contribution < 1.29 is 22.3 Å². The average Bonchev–Trinajstić information content (AvgIpc) is 2.29. The first-order valence-corrected chi connectivity index (χ1v) is 7.71. The predicted octanol–water partition coefficient (Wildman–Crippen LogP) is 2.56. The maximum absolute atomic E-state index is 13.5. The van der Waals surface area contributed by atoms with Crippen LogP contribution in [0.1, 0.15) is 13.3 Å². The fraction of sp³-hybridized carbons (Fsp3) is 0.455. The standard InChI is InChI=1S/C11H14ClFO4S/c1-2-5-16-6-7-17-11-4-3-9(8-10(11)13)18(12,14)15/h3-4,8H,2,5-7H2,1H3. The van der Waals surface area contributed by atoms with Crippen LogP contribution in [-0.2, 0) is 13.8 Å². The van der Waals surface area contributed by atoms with Crippen molar-refractivity contribution in [3.05, 3.63) is 24.0 Å². The van der Waals surface area contributed by atoms with Gasteiger partial charge in [0.1, 0.15) is 6.61 Å². The van der Waals surface area contributed by atoms with Gasteiger partial charge in [0.05, 0.1) is 11.5 Å². The first-order chi connectivity index (χ1) is 8.45. The minimum atomic E-state index is -3.92. The lowest BCUT2D eigenvalue weighted by Crippen LogP contribution is -2.08. The zero-order valence-electron chi connectivity index (χ0n) is 9.86. The number of ether oxygens (including phenoxy) is 2. The molecule has 0 aliphatic carbocycles. The van der Waals surface area contributed by atoms with E-state index in [9.17, 15) is 12.8 Å². The van der Waals surface area contributed by atoms with Crippen LogP contribution in [0, 0.1) is 5.82 Å². The quantitative estimate of drug-likeness (QED) is 0.573. The largest absolute Gasteiger partial charge is 0.488 e. The highest BCUT2D eigenvalue weighted by molar-refractivity contribution is 8.13. The van der Waals surface area contributed by atoms with Crippen molar-refractivity contribution in [1.29, 1.82) is 0 Å². The predicted molar refractivity (Wildman–Crippen MR) is 66.0 cm³/mol. The Morgan fingerprint density at radius 2 is 2.00 bits per heavy atom. The third-order valence-electron chi connectivity index (χ3n) is 2.02. The molecule has 7 heteroatoms. The molecule has 0 amide bonds. The lowest BCUT2D eigenvalue weighted by Gasteiger charge is -2.08. The van der Waals surface area contributed by atoms with Crippen LogP contribution >= 0.6 is 10.7 Å². The van der Waals surface area contributed by atoms with Crippen molar-refractivity contribution in [3.63, 3.8) is 0 Å². The summed E-state index contributed by atoms with van der Waals surface area (Å²) < 4.78 is 45.7. The van der Waals surface area contributed by atoms with Gasteiger partial charge in [0.2, 0.25) is 0 Å². The van der Waals surface area contributed by atoms with E-state index in [1.54, 1.807) is 0 Å². The summed E-state index contributed by atoms with van der Waals surface area (Å²) in [5.74, 6) is -0.800. The molecule has 1 aromatic carbocycles. The van der Waals surface area contributed by atoms with Crippen molar-refractivity contribution in [2.45, 2.75) is 18.2 Å². The van der Waals surface area contributed by atoms with Crippen molar-refractivity contribution in [3.8, 4) is 5.75 Å². The second-order valence-electron chi connectivity index (χ2n) is 3.49. The van der Waals surface area contributed by atoms with Crippen molar-refractivity contribution in [2.24, 2.45) is 0 Å². The Hall–Kier alpha value is -0.850. The highest BCUT2D eigenvalue weighted by atomic mass is 35.7. The number of rotatable bonds is 7. The molecule has 0 saturated heterocycles. The van der Waals surface area contributed by atoms with E-state index in [2.05, 4.69) is 0 Å². The van der Waals surface area contributed by atoms with Crippen LogP contribution in [0.4, 0.5) is 4.39 Å². The van der Waals surface area contributed by atoms with Crippen LogP contribution in [0.5, 0.6) is 5.75 Å². The summed E-state index contributed by atoms with van der Waals surface area (Å²) in [5, 5.41) is 0. The van der Waals surface area contributed by atoms with Gasteiger partial charge in [0, 0.05) is 17.3 Å². The third-order valence-corrected chi connectivity index (χ3v) is 3.37. The number of hydrogen-bond donors (Lipinski definition) is 0. The van der Waals surface area contributed by atoms with Gasteiger partial charge < -0.3 is 9.47 Å². The number of hydrogen-bond acceptors (Lipinski definition) is 4. The van der Waals surface area contributed by atoms with Crippen LogP contribution in [-0.4, -0.2) is 28.2 Å². The summed E-state index contributed by atoms with van der Waals surface area (Å²) in [6.45, 7) is 3.15. The van der Waals surface area contributed by atoms with Crippen molar-refractivity contribution in [2.75, 3.05) is 19.8 Å². The van der Waals surface area contributed by atoms with Gasteiger partial charge in [0.25, 0.3) is 9.05 Å². The van der Waals surface area contributed by atoms with E-state index in [-0.39, 0.29) is 17.3 Å². The van der Waals surface area contributed by atoms with E-state index in [4.69, 9.17) is 20.2 Å². The minimum absolute atomic E-state index is 0.0286. The molecule has 0 aliphatic heterocycles. The summed E-state index contributed by atoms with van der Waals surface area (Å²) in [7, 11) is 1.17. The Morgan fingerprint density at radius 1 is 1.28 bits per heavy atom. The van der Waals surface area contributed by atoms with Crippen LogP contribution in [0.25, 0.3) is 0 Å². The van der Waals surface area contributed by atoms with Gasteiger partial charge in [-0.2, -0.15) is 0 Å². The van der Waals surface area contributed by atoms with Crippen LogP contribution < -0.4 is 4.74 Å². The first kappa shape index (κ1) is 15.2. The average molecular weight is 297 g/mol. The number of benzene rings is 1. The molecule has 0 aliphatic rings. The topological polar surface area (TPSA) is 52.6 Å². The Kier molecular flexibility index (Phi) is 5.84. The van der Waals surface area contributed by atoms with E-state index in [1.165, 1.54) is 12.1 Å². The second-order valence-corrected chi connectivity index (χ2v) is 6.06. The summed E-state index contributed by atoms with van der Waals surface area (Å²) in [5.41, 5.74) is 0. The summed E-state index contributed by atoms with van der Waals surface area (Å²) in [6, 6.07) is 3.24. The zero-order chi connectivity index (χ0) is 13.6. The van der Waals surface area contributed by atoms with Gasteiger partial charge in [-0.25, -0.2) is 12.8 Å². The van der Waals surface area contributed by atoms with Gasteiger partial charge in [-0.15, -0.1) is 0 Å². The summed E-state index contributed by atoms with van der Waals surface area (Å²) in [6.07, 6.45) is 0.899. The van der Waals surface area contributed by atoms with Gasteiger partial charge in [0.15, 0.2) is 11.6 Å². The molecule has 0 atom stereocenters. The van der Waals surface area contributed by atoms with Crippen LogP contribution in [0.3, 0.4) is 0 Å². The Balaban J connectivity index is 2.58. The van der Waals surface area contributed by atoms with E-state index in [0.29, 0.717) is 13.2 Å². The molecule has 1 rings (SSSR count). The Morgan fingerprint density at radius 3 is 2.56 bits per heavy atom. The van der Waals surface area contributed by atoms with Crippen molar-refractivity contribution in [1.82, 2.24) is 0 Å². The molecular formula is C11H14ClFO4S. The summed E-state index contributed by atoms with van der Waals surface area (Å²) in [4.78, 5) is -0.295. The summed E-state index contributed by atoms with van der Waals surface area (Å²) >= 11 is 0. The zero-order valence-corrected chi connectivity index (χ0v) is 11.4. The van der Waals surface area contributed by atoms with Crippen LogP contribution in [0.15, 0.2) is 23.1 Å². The number of halogens is 2. The molecule has 0 spiro atoms. The minimum Gasteiger partial charge on any atom is -0.488 e. The fourth-order valence-corrected chi connectivity index (χ4v) is 1.97.